The number of carbonyl (C=O) groups excluding carboxylic acids is 1. The number of nitrogens with zero attached hydrogens (tertiary/aromatic N) is 3. The van der Waals surface area contributed by atoms with Gasteiger partial charge in [0.15, 0.2) is 6.04 Å². The second-order valence-electron chi connectivity index (χ2n) is 5.96. The van der Waals surface area contributed by atoms with E-state index in [1.807, 2.05) is 0 Å². The van der Waals surface area contributed by atoms with Crippen LogP contribution in [0.3, 0.4) is 0 Å². The SMILES string of the molecule is CCN1CCC2(CC1)OC[C@H](C(=O)O)N2C(=O)c1cccnc1. The lowest BCUT2D eigenvalue weighted by Crippen LogP contribution is -2.58. The molecule has 2 fully saturated rings. The van der Waals surface area contributed by atoms with E-state index in [-0.39, 0.29) is 12.5 Å². The van der Waals surface area contributed by atoms with Crippen molar-refractivity contribution in [2.24, 2.45) is 0 Å². The maximum absolute atomic E-state index is 12.9. The van der Waals surface area contributed by atoms with Gasteiger partial charge < -0.3 is 14.7 Å². The zero-order valence-corrected chi connectivity index (χ0v) is 13.1. The molecule has 7 heteroatoms. The molecule has 0 aliphatic carbocycles. The molecule has 1 atom stereocenters. The summed E-state index contributed by atoms with van der Waals surface area (Å²) in [6, 6.07) is 2.38. The number of carboxylic acid groups (broad SMARTS) is 1. The topological polar surface area (TPSA) is 83.0 Å². The minimum atomic E-state index is -1.03. The molecule has 7 nitrogen and oxygen atoms in total. The molecule has 23 heavy (non-hydrogen) atoms. The Hall–Kier alpha value is -1.99. The fourth-order valence-electron chi connectivity index (χ4n) is 3.40. The van der Waals surface area contributed by atoms with E-state index < -0.39 is 17.7 Å². The van der Waals surface area contributed by atoms with Gasteiger partial charge in [-0.2, -0.15) is 0 Å². The monoisotopic (exact) mass is 319 g/mol. The van der Waals surface area contributed by atoms with Crippen LogP contribution in [0.2, 0.25) is 0 Å². The number of aromatic nitrogens is 1. The molecule has 1 aromatic heterocycles. The van der Waals surface area contributed by atoms with Gasteiger partial charge in [-0.25, -0.2) is 4.79 Å². The van der Waals surface area contributed by atoms with Crippen LogP contribution in [0.25, 0.3) is 0 Å². The Morgan fingerprint density at radius 2 is 2.17 bits per heavy atom. The van der Waals surface area contributed by atoms with Crippen molar-refractivity contribution in [2.45, 2.75) is 31.5 Å². The summed E-state index contributed by atoms with van der Waals surface area (Å²) in [5, 5.41) is 9.49. The van der Waals surface area contributed by atoms with E-state index >= 15 is 0 Å². The number of rotatable bonds is 3. The summed E-state index contributed by atoms with van der Waals surface area (Å²) in [6.45, 7) is 4.65. The summed E-state index contributed by atoms with van der Waals surface area (Å²) in [7, 11) is 0. The molecule has 124 valence electrons. The molecule has 0 saturated carbocycles. The molecular formula is C16H21N3O4. The average Bonchev–Trinajstić information content (AvgIpc) is 2.95. The van der Waals surface area contributed by atoms with E-state index in [0.29, 0.717) is 18.4 Å². The van der Waals surface area contributed by atoms with Crippen molar-refractivity contribution in [3.8, 4) is 0 Å². The number of pyridine rings is 1. The molecule has 0 bridgehead atoms. The van der Waals surface area contributed by atoms with E-state index in [2.05, 4.69) is 16.8 Å². The minimum absolute atomic E-state index is 0.0352. The molecule has 1 spiro atoms. The van der Waals surface area contributed by atoms with Crippen molar-refractivity contribution in [3.05, 3.63) is 30.1 Å². The van der Waals surface area contributed by atoms with Crippen LogP contribution < -0.4 is 0 Å². The van der Waals surface area contributed by atoms with Crippen molar-refractivity contribution in [2.75, 3.05) is 26.2 Å². The molecule has 3 rings (SSSR count). The number of likely N-dealkylation sites (tertiary alicyclic amines) is 1. The van der Waals surface area contributed by atoms with Crippen LogP contribution in [-0.2, 0) is 9.53 Å². The maximum Gasteiger partial charge on any atom is 0.328 e. The Balaban J connectivity index is 1.91. The molecule has 1 N–H and O–H groups in total. The number of hydrogen-bond acceptors (Lipinski definition) is 5. The highest BCUT2D eigenvalue weighted by Crippen LogP contribution is 2.38. The Morgan fingerprint density at radius 3 is 2.74 bits per heavy atom. The van der Waals surface area contributed by atoms with Gasteiger partial charge in [0.1, 0.15) is 5.72 Å². The van der Waals surface area contributed by atoms with Crippen molar-refractivity contribution in [1.82, 2.24) is 14.8 Å². The molecule has 0 radical (unpaired) electrons. The number of piperidine rings is 1. The first-order chi connectivity index (χ1) is 11.1. The van der Waals surface area contributed by atoms with Crippen LogP contribution in [0.1, 0.15) is 30.1 Å². The third-order valence-corrected chi connectivity index (χ3v) is 4.76. The summed E-state index contributed by atoms with van der Waals surface area (Å²) in [5.74, 6) is -1.36. The maximum atomic E-state index is 12.9. The fourth-order valence-corrected chi connectivity index (χ4v) is 3.40. The van der Waals surface area contributed by atoms with Gasteiger partial charge in [-0.15, -0.1) is 0 Å². The van der Waals surface area contributed by atoms with Crippen LogP contribution >= 0.6 is 0 Å². The van der Waals surface area contributed by atoms with Crippen LogP contribution in [0.5, 0.6) is 0 Å². The molecule has 2 saturated heterocycles. The smallest absolute Gasteiger partial charge is 0.328 e. The second kappa shape index (κ2) is 6.25. The number of carboxylic acids is 1. The van der Waals surface area contributed by atoms with E-state index in [4.69, 9.17) is 4.74 Å². The first kappa shape index (κ1) is 15.9. The number of amides is 1. The first-order valence-corrected chi connectivity index (χ1v) is 7.90. The minimum Gasteiger partial charge on any atom is -0.480 e. The molecule has 1 aromatic rings. The Bertz CT molecular complexity index is 584. The van der Waals surface area contributed by atoms with Gasteiger partial charge in [-0.05, 0) is 18.7 Å². The van der Waals surface area contributed by atoms with Gasteiger partial charge in [0, 0.05) is 38.3 Å². The van der Waals surface area contributed by atoms with Crippen LogP contribution in [0.4, 0.5) is 0 Å². The van der Waals surface area contributed by atoms with Crippen molar-refractivity contribution in [3.63, 3.8) is 0 Å². The van der Waals surface area contributed by atoms with E-state index in [0.717, 1.165) is 19.6 Å². The summed E-state index contributed by atoms with van der Waals surface area (Å²) >= 11 is 0. The Morgan fingerprint density at radius 1 is 1.43 bits per heavy atom. The summed E-state index contributed by atoms with van der Waals surface area (Å²) < 4.78 is 5.88. The number of aliphatic carboxylic acids is 1. The summed E-state index contributed by atoms with van der Waals surface area (Å²) in [5.41, 5.74) is -0.427. The molecule has 3 heterocycles. The largest absolute Gasteiger partial charge is 0.480 e. The molecule has 0 aromatic carbocycles. The second-order valence-corrected chi connectivity index (χ2v) is 5.96. The third-order valence-electron chi connectivity index (χ3n) is 4.76. The van der Waals surface area contributed by atoms with Gasteiger partial charge in [0.25, 0.3) is 5.91 Å². The lowest BCUT2D eigenvalue weighted by molar-refractivity contribution is -0.143. The van der Waals surface area contributed by atoms with Gasteiger partial charge in [0.2, 0.25) is 0 Å². The lowest BCUT2D eigenvalue weighted by atomic mass is 9.97. The van der Waals surface area contributed by atoms with Crippen LogP contribution in [0.15, 0.2) is 24.5 Å². The molecule has 0 unspecified atom stereocenters. The van der Waals surface area contributed by atoms with Crippen molar-refractivity contribution < 1.29 is 19.4 Å². The summed E-state index contributed by atoms with van der Waals surface area (Å²) in [4.78, 5) is 32.2. The highest BCUT2D eigenvalue weighted by atomic mass is 16.5. The number of ether oxygens (including phenoxy) is 1. The predicted octanol–water partition coefficient (Wildman–Crippen LogP) is 0.819. The van der Waals surface area contributed by atoms with Crippen LogP contribution in [0, 0.1) is 0 Å². The lowest BCUT2D eigenvalue weighted by Gasteiger charge is -2.44. The van der Waals surface area contributed by atoms with Gasteiger partial charge >= 0.3 is 5.97 Å². The van der Waals surface area contributed by atoms with E-state index in [1.165, 1.54) is 11.1 Å². The normalized spacial score (nSPS) is 24.0. The average molecular weight is 319 g/mol. The Kier molecular flexibility index (Phi) is 4.32. The van der Waals surface area contributed by atoms with Crippen LogP contribution in [-0.4, -0.2) is 69.8 Å². The van der Waals surface area contributed by atoms with Gasteiger partial charge in [-0.1, -0.05) is 6.92 Å². The van der Waals surface area contributed by atoms with E-state index in [9.17, 15) is 14.7 Å². The third kappa shape index (κ3) is 2.82. The van der Waals surface area contributed by atoms with E-state index in [1.54, 1.807) is 18.3 Å². The highest BCUT2D eigenvalue weighted by molar-refractivity contribution is 5.97. The zero-order chi connectivity index (χ0) is 16.4. The first-order valence-electron chi connectivity index (χ1n) is 7.90. The van der Waals surface area contributed by atoms with Crippen molar-refractivity contribution >= 4 is 11.9 Å². The standard InChI is InChI=1S/C16H21N3O4/c1-2-18-8-5-16(6-9-18)19(13(11-23-16)15(21)22)14(20)12-4-3-7-17-10-12/h3-4,7,10,13H,2,5-6,8-9,11H2,1H3,(H,21,22)/t13-/m1/s1. The zero-order valence-electron chi connectivity index (χ0n) is 13.1. The number of hydrogen-bond donors (Lipinski definition) is 1. The number of carbonyl (C=O) groups is 2. The molecule has 2 aliphatic rings. The van der Waals surface area contributed by atoms with Crippen molar-refractivity contribution in [1.29, 1.82) is 0 Å². The van der Waals surface area contributed by atoms with Gasteiger partial charge in [0.05, 0.1) is 12.2 Å². The molecule has 1 amide bonds. The molecule has 2 aliphatic heterocycles. The highest BCUT2D eigenvalue weighted by Gasteiger charge is 2.53. The molecular weight excluding hydrogens is 298 g/mol. The summed E-state index contributed by atoms with van der Waals surface area (Å²) in [6.07, 6.45) is 4.29. The predicted molar refractivity (Wildman–Crippen MR) is 81.9 cm³/mol. The van der Waals surface area contributed by atoms with Gasteiger partial charge in [-0.3, -0.25) is 14.7 Å². The fraction of sp³-hybridized carbons (Fsp3) is 0.562. The quantitative estimate of drug-likeness (QED) is 0.888. The Labute approximate surface area is 134 Å².